The van der Waals surface area contributed by atoms with Crippen molar-refractivity contribution in [2.45, 2.75) is 75.6 Å². The average Bonchev–Trinajstić information content (AvgIpc) is 3.62. The molecule has 2 aliphatic heterocycles. The lowest BCUT2D eigenvalue weighted by Crippen LogP contribution is -2.52. The molecule has 2 aliphatic rings. The number of nitrogens with one attached hydrogen (secondary N) is 2. The number of amides is 1. The fourth-order valence-electron chi connectivity index (χ4n) is 6.82. The van der Waals surface area contributed by atoms with Gasteiger partial charge in [0.05, 0.1) is 23.3 Å². The molecule has 3 N–H and O–H groups in total. The van der Waals surface area contributed by atoms with Gasteiger partial charge in [0.1, 0.15) is 34.1 Å². The number of anilines is 1. The van der Waals surface area contributed by atoms with Crippen molar-refractivity contribution in [3.8, 4) is 5.75 Å². The number of aromatic nitrogens is 1. The number of aryl methyl sites for hydroxylation is 1. The van der Waals surface area contributed by atoms with Crippen LogP contribution in [-0.2, 0) is 29.4 Å². The van der Waals surface area contributed by atoms with E-state index in [0.717, 1.165) is 29.1 Å². The fourth-order valence-corrected chi connectivity index (χ4v) is 8.26. The first-order valence-corrected chi connectivity index (χ1v) is 17.3. The zero-order valence-electron chi connectivity index (χ0n) is 27.1. The number of nitrogens with zero attached hydrogens (tertiary/aromatic N) is 2. The molecule has 0 aliphatic carbocycles. The van der Waals surface area contributed by atoms with Gasteiger partial charge in [-0.2, -0.15) is 0 Å². The normalized spacial score (nSPS) is 21.1. The van der Waals surface area contributed by atoms with E-state index in [-0.39, 0.29) is 30.2 Å². The monoisotopic (exact) mass is 684 g/mol. The summed E-state index contributed by atoms with van der Waals surface area (Å²) in [5.41, 5.74) is 2.40. The van der Waals surface area contributed by atoms with Gasteiger partial charge in [0.2, 0.25) is 10.0 Å². The number of halogens is 3. The zero-order chi connectivity index (χ0) is 34.5. The van der Waals surface area contributed by atoms with E-state index in [1.54, 1.807) is 19.9 Å². The molecule has 0 bridgehead atoms. The highest BCUT2D eigenvalue weighted by Crippen LogP contribution is 2.40. The number of ether oxygens (including phenoxy) is 1. The number of hydrogen-bond donors (Lipinski definition) is 3. The van der Waals surface area contributed by atoms with Gasteiger partial charge in [-0.05, 0) is 86.3 Å². The van der Waals surface area contributed by atoms with Gasteiger partial charge in [0.25, 0.3) is 5.91 Å². The Balaban J connectivity index is 1.31. The number of carbonyl (C=O) groups is 1. The molecule has 4 atom stereocenters. The van der Waals surface area contributed by atoms with Gasteiger partial charge in [0.15, 0.2) is 0 Å². The minimum atomic E-state index is -3.82. The van der Waals surface area contributed by atoms with Crippen LogP contribution in [0.25, 0.3) is 10.9 Å². The van der Waals surface area contributed by atoms with E-state index < -0.39 is 56.3 Å². The van der Waals surface area contributed by atoms with E-state index in [9.17, 15) is 31.5 Å². The summed E-state index contributed by atoms with van der Waals surface area (Å²) in [4.78, 5) is 14.0. The van der Waals surface area contributed by atoms with Crippen molar-refractivity contribution in [1.29, 1.82) is 0 Å². The molecule has 0 radical (unpaired) electrons. The Labute approximate surface area is 277 Å². The summed E-state index contributed by atoms with van der Waals surface area (Å²) in [6.07, 6.45) is 1.22. The quantitative estimate of drug-likeness (QED) is 0.236. The largest absolute Gasteiger partial charge is 0.489 e. The molecular weight excluding hydrogens is 645 g/mol. The second-order valence-electron chi connectivity index (χ2n) is 13.3. The van der Waals surface area contributed by atoms with Crippen molar-refractivity contribution < 1.29 is 36.2 Å². The molecule has 1 aromatic heterocycles. The molecule has 1 fully saturated rings. The van der Waals surface area contributed by atoms with Gasteiger partial charge >= 0.3 is 0 Å². The maximum Gasteiger partial charge on any atom is 0.251 e. The Morgan fingerprint density at radius 2 is 1.77 bits per heavy atom. The molecule has 3 heterocycles. The summed E-state index contributed by atoms with van der Waals surface area (Å²) in [5.74, 6) is -2.10. The summed E-state index contributed by atoms with van der Waals surface area (Å²) in [6, 6.07) is 10.3. The number of sulfonamides is 1. The molecule has 6 rings (SSSR count). The third-order valence-electron chi connectivity index (χ3n) is 9.39. The summed E-state index contributed by atoms with van der Waals surface area (Å²) in [6.45, 7) is 5.91. The summed E-state index contributed by atoms with van der Waals surface area (Å²) >= 11 is 0. The Hall–Kier alpha value is -4.07. The molecule has 3 aromatic carbocycles. The third kappa shape index (κ3) is 6.38. The highest BCUT2D eigenvalue weighted by atomic mass is 32.2. The van der Waals surface area contributed by atoms with Gasteiger partial charge in [-0.25, -0.2) is 21.6 Å². The molecule has 1 saturated heterocycles. The molecule has 0 saturated carbocycles. The third-order valence-corrected chi connectivity index (χ3v) is 11.8. The number of carbonyl (C=O) groups excluding carboxylic acids is 1. The molecular formula is C35H39F3N4O5S. The predicted octanol–water partition coefficient (Wildman–Crippen LogP) is 4.69. The average molecular weight is 685 g/mol. The highest BCUT2D eigenvalue weighted by Gasteiger charge is 2.42. The minimum Gasteiger partial charge on any atom is -0.489 e. The highest BCUT2D eigenvalue weighted by molar-refractivity contribution is 7.94. The predicted molar refractivity (Wildman–Crippen MR) is 177 cm³/mol. The minimum absolute atomic E-state index is 0.0998. The molecule has 4 aromatic rings. The Morgan fingerprint density at radius 1 is 1.08 bits per heavy atom. The lowest BCUT2D eigenvalue weighted by molar-refractivity contribution is 0.0720. The van der Waals surface area contributed by atoms with E-state index >= 15 is 0 Å². The van der Waals surface area contributed by atoms with Crippen LogP contribution < -0.4 is 19.7 Å². The van der Waals surface area contributed by atoms with Gasteiger partial charge in [0, 0.05) is 55.8 Å². The standard InChI is InChI=1S/C35H39F3N4O5S/c1-5-21-18-42-19-35(2,3)48(45,46)41(4)31-14-22(13-28(21)32(31)42)34(44)40-30(12-20-10-24(37)15-25(38)11-20)33(43)29-16-27(17-39-29)47-26-8-6-23(36)7-9-26/h6-11,13-15,18,27,29-30,33,39,43H,5,12,16-17,19H2,1-4H3,(H,40,44)/t27-,29-,30+,33-/m1/s1. The molecule has 256 valence electrons. The Kier molecular flexibility index (Phi) is 8.98. The molecule has 0 spiro atoms. The van der Waals surface area contributed by atoms with Crippen molar-refractivity contribution in [3.63, 3.8) is 0 Å². The van der Waals surface area contributed by atoms with Crippen LogP contribution in [0, 0.1) is 17.5 Å². The van der Waals surface area contributed by atoms with Crippen LogP contribution in [0.4, 0.5) is 18.9 Å². The van der Waals surface area contributed by atoms with E-state index in [1.807, 2.05) is 17.7 Å². The second-order valence-corrected chi connectivity index (χ2v) is 15.9. The first kappa shape index (κ1) is 33.8. The van der Waals surface area contributed by atoms with E-state index in [2.05, 4.69) is 10.6 Å². The second kappa shape index (κ2) is 12.8. The molecule has 9 nitrogen and oxygen atoms in total. The Morgan fingerprint density at radius 3 is 2.44 bits per heavy atom. The first-order chi connectivity index (χ1) is 22.7. The number of aliphatic hydroxyl groups is 1. The van der Waals surface area contributed by atoms with Gasteiger partial charge in [-0.15, -0.1) is 0 Å². The fraction of sp³-hybridized carbons (Fsp3) is 0.400. The van der Waals surface area contributed by atoms with E-state index in [1.165, 1.54) is 41.7 Å². The van der Waals surface area contributed by atoms with Crippen LogP contribution in [0.1, 0.15) is 48.7 Å². The van der Waals surface area contributed by atoms with Crippen LogP contribution in [0.15, 0.2) is 60.8 Å². The first-order valence-electron chi connectivity index (χ1n) is 15.9. The SMILES string of the molecule is CCc1cn2c3c(cc(C(=O)N[C@@H](Cc4cc(F)cc(F)c4)[C@H](O)[C@H]4C[C@@H](Oc5ccc(F)cc5)CN4)cc13)N(C)S(=O)(=O)C(C)(C)C2. The van der Waals surface area contributed by atoms with Crippen molar-refractivity contribution in [1.82, 2.24) is 15.2 Å². The van der Waals surface area contributed by atoms with Crippen LogP contribution >= 0.6 is 0 Å². The summed E-state index contributed by atoms with van der Waals surface area (Å²) in [5, 5.41) is 18.5. The van der Waals surface area contributed by atoms with Gasteiger partial charge in [-0.3, -0.25) is 9.10 Å². The van der Waals surface area contributed by atoms with Crippen LogP contribution in [0.5, 0.6) is 5.75 Å². The topological polar surface area (TPSA) is 113 Å². The maximum absolute atomic E-state index is 14.2. The number of benzene rings is 3. The van der Waals surface area contributed by atoms with Crippen LogP contribution in [0.3, 0.4) is 0 Å². The molecule has 48 heavy (non-hydrogen) atoms. The van der Waals surface area contributed by atoms with Crippen molar-refractivity contribution in [2.24, 2.45) is 0 Å². The molecule has 13 heteroatoms. The summed E-state index contributed by atoms with van der Waals surface area (Å²) < 4.78 is 76.9. The molecule has 1 amide bonds. The van der Waals surface area contributed by atoms with Crippen molar-refractivity contribution >= 4 is 32.5 Å². The van der Waals surface area contributed by atoms with Crippen LogP contribution in [-0.4, -0.2) is 66.6 Å². The van der Waals surface area contributed by atoms with Crippen molar-refractivity contribution in [3.05, 3.63) is 94.9 Å². The number of hydrogen-bond acceptors (Lipinski definition) is 6. The maximum atomic E-state index is 14.2. The van der Waals surface area contributed by atoms with E-state index in [0.29, 0.717) is 36.3 Å². The zero-order valence-corrected chi connectivity index (χ0v) is 28.0. The van der Waals surface area contributed by atoms with E-state index in [4.69, 9.17) is 4.74 Å². The lowest BCUT2D eigenvalue weighted by atomic mass is 9.94. The number of rotatable bonds is 9. The Bertz CT molecular complexity index is 1940. The molecule has 0 unspecified atom stereocenters. The lowest BCUT2D eigenvalue weighted by Gasteiger charge is -2.30. The smallest absolute Gasteiger partial charge is 0.251 e. The van der Waals surface area contributed by atoms with Gasteiger partial charge < -0.3 is 25.0 Å². The van der Waals surface area contributed by atoms with Crippen molar-refractivity contribution in [2.75, 3.05) is 17.9 Å². The van der Waals surface area contributed by atoms with Crippen LogP contribution in [0.2, 0.25) is 0 Å². The summed E-state index contributed by atoms with van der Waals surface area (Å²) in [7, 11) is -2.34. The van der Waals surface area contributed by atoms with Gasteiger partial charge in [-0.1, -0.05) is 6.92 Å². The number of aliphatic hydroxyl groups excluding tert-OH is 1.